The number of carbonyl (C=O) groups excluding carboxylic acids is 1. The molecule has 0 radical (unpaired) electrons. The van der Waals surface area contributed by atoms with Gasteiger partial charge in [0.15, 0.2) is 0 Å². The van der Waals surface area contributed by atoms with Gasteiger partial charge in [0.25, 0.3) is 11.7 Å². The average molecular weight is 305 g/mol. The molecule has 1 heterocycles. The van der Waals surface area contributed by atoms with Gasteiger partial charge < -0.3 is 0 Å². The molecule has 2 nitrogen and oxygen atoms in total. The number of halogens is 5. The topological polar surface area (TPSA) is 30.0 Å². The highest BCUT2D eigenvalue weighted by atomic mass is 79.9. The van der Waals surface area contributed by atoms with Gasteiger partial charge in [-0.05, 0) is 33.6 Å². The van der Waals surface area contributed by atoms with E-state index >= 15 is 0 Å². The largest absolute Gasteiger partial charge is 0.275 e. The maximum atomic E-state index is 12.3. The highest BCUT2D eigenvalue weighted by Crippen LogP contribution is 2.30. The van der Waals surface area contributed by atoms with E-state index in [1.807, 2.05) is 0 Å². The van der Waals surface area contributed by atoms with Gasteiger partial charge >= 0.3 is 0 Å². The summed E-state index contributed by atoms with van der Waals surface area (Å²) >= 11 is 13.4. The zero-order valence-electron chi connectivity index (χ0n) is 6.40. The molecule has 14 heavy (non-hydrogen) atoms. The van der Waals surface area contributed by atoms with E-state index in [4.69, 9.17) is 23.2 Å². The van der Waals surface area contributed by atoms with Crippen molar-refractivity contribution in [3.8, 4) is 0 Å². The van der Waals surface area contributed by atoms with Crippen LogP contribution in [0.25, 0.3) is 0 Å². The van der Waals surface area contributed by atoms with Gasteiger partial charge in [0.05, 0.1) is 11.1 Å². The molecular weight excluding hydrogens is 303 g/mol. The second kappa shape index (κ2) is 4.51. The van der Waals surface area contributed by atoms with Crippen LogP contribution in [0.2, 0.25) is 5.15 Å². The van der Waals surface area contributed by atoms with Gasteiger partial charge in [-0.2, -0.15) is 0 Å². The van der Waals surface area contributed by atoms with Crippen LogP contribution >= 0.6 is 39.1 Å². The number of hydrogen-bond acceptors (Lipinski definition) is 2. The number of rotatable bonds is 2. The van der Waals surface area contributed by atoms with Gasteiger partial charge in [-0.1, -0.05) is 11.6 Å². The summed E-state index contributed by atoms with van der Waals surface area (Å²) in [6.45, 7) is 0. The summed E-state index contributed by atoms with van der Waals surface area (Å²) in [7, 11) is 0. The fourth-order valence-electron chi connectivity index (χ4n) is 0.776. The van der Waals surface area contributed by atoms with Crippen molar-refractivity contribution in [3.05, 3.63) is 26.9 Å². The highest BCUT2D eigenvalue weighted by Gasteiger charge is 2.18. The molecule has 0 bridgehead atoms. The molecule has 1 aromatic heterocycles. The standard InChI is InChI=1S/C7H2BrCl2F2NO/c8-4-2(7(11)12)1-3(6(10)14)5(9)13-4/h1,7H. The van der Waals surface area contributed by atoms with Crippen molar-refractivity contribution in [2.24, 2.45) is 0 Å². The first-order valence-corrected chi connectivity index (χ1v) is 4.82. The van der Waals surface area contributed by atoms with Gasteiger partial charge in [-0.25, -0.2) is 13.8 Å². The van der Waals surface area contributed by atoms with Crippen LogP contribution in [0.4, 0.5) is 8.78 Å². The Morgan fingerprint density at radius 3 is 2.57 bits per heavy atom. The lowest BCUT2D eigenvalue weighted by molar-refractivity contribution is 0.108. The van der Waals surface area contributed by atoms with Crippen molar-refractivity contribution in [3.63, 3.8) is 0 Å². The lowest BCUT2D eigenvalue weighted by Gasteiger charge is -2.05. The van der Waals surface area contributed by atoms with Crippen LogP contribution in [0.5, 0.6) is 0 Å². The van der Waals surface area contributed by atoms with Crippen LogP contribution < -0.4 is 0 Å². The smallest absolute Gasteiger partial charge is 0.266 e. The fraction of sp³-hybridized carbons (Fsp3) is 0.143. The minimum Gasteiger partial charge on any atom is -0.275 e. The normalized spacial score (nSPS) is 10.7. The second-order valence-electron chi connectivity index (χ2n) is 2.28. The number of nitrogens with zero attached hydrogens (tertiary/aromatic N) is 1. The second-order valence-corrected chi connectivity index (χ2v) is 3.73. The third kappa shape index (κ3) is 2.40. The fourth-order valence-corrected chi connectivity index (χ4v) is 1.76. The summed E-state index contributed by atoms with van der Waals surface area (Å²) in [5, 5.41) is -1.13. The van der Waals surface area contributed by atoms with Crippen LogP contribution in [-0.4, -0.2) is 10.2 Å². The zero-order chi connectivity index (χ0) is 10.9. The molecule has 7 heteroatoms. The lowest BCUT2D eigenvalue weighted by Crippen LogP contribution is -1.98. The average Bonchev–Trinajstić information content (AvgIpc) is 2.02. The minimum atomic E-state index is -2.75. The van der Waals surface area contributed by atoms with Crippen LogP contribution in [0.15, 0.2) is 10.7 Å². The molecule has 1 aromatic rings. The van der Waals surface area contributed by atoms with E-state index in [0.717, 1.165) is 6.07 Å². The molecule has 76 valence electrons. The maximum Gasteiger partial charge on any atom is 0.266 e. The number of pyridine rings is 1. The molecule has 0 unspecified atom stereocenters. The summed E-state index contributed by atoms with van der Waals surface area (Å²) in [6.07, 6.45) is -2.75. The van der Waals surface area contributed by atoms with Crippen LogP contribution in [0.3, 0.4) is 0 Å². The van der Waals surface area contributed by atoms with Gasteiger partial charge in [0, 0.05) is 0 Å². The molecule has 0 aliphatic carbocycles. The molecule has 0 amide bonds. The molecule has 0 aliphatic rings. The molecular formula is C7H2BrCl2F2NO. The van der Waals surface area contributed by atoms with Crippen LogP contribution in [0, 0.1) is 0 Å². The Morgan fingerprint density at radius 1 is 1.57 bits per heavy atom. The zero-order valence-corrected chi connectivity index (χ0v) is 9.50. The third-order valence-electron chi connectivity index (χ3n) is 1.40. The molecule has 1 rings (SSSR count). The molecule has 0 fully saturated rings. The summed E-state index contributed by atoms with van der Waals surface area (Å²) in [6, 6.07) is 0.916. The molecule has 0 N–H and O–H groups in total. The van der Waals surface area contributed by atoms with E-state index in [1.165, 1.54) is 0 Å². The van der Waals surface area contributed by atoms with E-state index < -0.39 is 17.2 Å². The summed E-state index contributed by atoms with van der Waals surface area (Å²) < 4.78 is 24.6. The molecule has 0 spiro atoms. The van der Waals surface area contributed by atoms with Crippen molar-refractivity contribution in [2.45, 2.75) is 6.43 Å². The van der Waals surface area contributed by atoms with Gasteiger partial charge in [-0.3, -0.25) is 4.79 Å². The van der Waals surface area contributed by atoms with Gasteiger partial charge in [0.2, 0.25) is 0 Å². The van der Waals surface area contributed by atoms with Crippen molar-refractivity contribution in [1.82, 2.24) is 4.98 Å². The van der Waals surface area contributed by atoms with E-state index in [1.54, 1.807) is 0 Å². The summed E-state index contributed by atoms with van der Waals surface area (Å²) in [5.74, 6) is 0. The first-order valence-electron chi connectivity index (χ1n) is 3.27. The van der Waals surface area contributed by atoms with Gasteiger partial charge in [-0.15, -0.1) is 0 Å². The first-order chi connectivity index (χ1) is 6.43. The van der Waals surface area contributed by atoms with Crippen molar-refractivity contribution >= 4 is 44.4 Å². The molecule has 0 aromatic carbocycles. The Hall–Kier alpha value is -0.260. The maximum absolute atomic E-state index is 12.3. The number of aromatic nitrogens is 1. The van der Waals surface area contributed by atoms with E-state index in [-0.39, 0.29) is 15.3 Å². The highest BCUT2D eigenvalue weighted by molar-refractivity contribution is 9.10. The van der Waals surface area contributed by atoms with E-state index in [2.05, 4.69) is 20.9 Å². The number of carbonyl (C=O) groups is 1. The predicted octanol–water partition coefficient (Wildman–Crippen LogP) is 3.81. The molecule has 0 saturated heterocycles. The van der Waals surface area contributed by atoms with E-state index in [9.17, 15) is 13.6 Å². The Morgan fingerprint density at radius 2 is 2.14 bits per heavy atom. The van der Waals surface area contributed by atoms with Gasteiger partial charge in [0.1, 0.15) is 9.76 Å². The molecule has 0 saturated carbocycles. The predicted molar refractivity (Wildman–Crippen MR) is 52.1 cm³/mol. The Kier molecular flexibility index (Phi) is 3.80. The summed E-state index contributed by atoms with van der Waals surface area (Å²) in [5.41, 5.74) is -0.648. The van der Waals surface area contributed by atoms with E-state index in [0.29, 0.717) is 0 Å². The molecule has 0 aliphatic heterocycles. The minimum absolute atomic E-state index is 0.0980. The van der Waals surface area contributed by atoms with Crippen LogP contribution in [0.1, 0.15) is 22.3 Å². The van der Waals surface area contributed by atoms with Crippen molar-refractivity contribution in [2.75, 3.05) is 0 Å². The van der Waals surface area contributed by atoms with Crippen molar-refractivity contribution in [1.29, 1.82) is 0 Å². The number of hydrogen-bond donors (Lipinski definition) is 0. The Bertz CT molecular complexity index is 386. The van der Waals surface area contributed by atoms with Crippen LogP contribution in [-0.2, 0) is 0 Å². The first kappa shape index (κ1) is 11.8. The lowest BCUT2D eigenvalue weighted by atomic mass is 10.2. The monoisotopic (exact) mass is 303 g/mol. The molecule has 0 atom stereocenters. The summed E-state index contributed by atoms with van der Waals surface area (Å²) in [4.78, 5) is 14.2. The number of alkyl halides is 2. The third-order valence-corrected chi connectivity index (χ3v) is 2.53. The Labute approximate surface area is 96.3 Å². The Balaban J connectivity index is 3.34. The quantitative estimate of drug-likeness (QED) is 0.614. The van der Waals surface area contributed by atoms with Crippen molar-refractivity contribution < 1.29 is 13.6 Å². The SMILES string of the molecule is O=C(Cl)c1cc(C(F)F)c(Br)nc1Cl.